The van der Waals surface area contributed by atoms with Crippen LogP contribution < -0.4 is 10.6 Å². The van der Waals surface area contributed by atoms with Gasteiger partial charge >= 0.3 is 0 Å². The smallest absolute Gasteiger partial charge is 0.226 e. The van der Waals surface area contributed by atoms with Crippen molar-refractivity contribution in [2.75, 3.05) is 19.6 Å². The minimum absolute atomic E-state index is 0.0454. The first-order chi connectivity index (χ1) is 9.12. The quantitative estimate of drug-likeness (QED) is 0.803. The SMILES string of the molecule is CC(C)CC1(C(=O)NCC2CCCNC2)CCCC1. The van der Waals surface area contributed by atoms with Crippen molar-refractivity contribution >= 4 is 5.91 Å². The third-order valence-corrected chi connectivity index (χ3v) is 4.79. The van der Waals surface area contributed by atoms with E-state index in [1.807, 2.05) is 0 Å². The second-order valence-electron chi connectivity index (χ2n) is 7.01. The Morgan fingerprint density at radius 1 is 1.32 bits per heavy atom. The molecular weight excluding hydrogens is 236 g/mol. The standard InChI is InChI=1S/C16H30N2O/c1-13(2)10-16(7-3-4-8-16)15(19)18-12-14-6-5-9-17-11-14/h13-14,17H,3-12H2,1-2H3,(H,18,19). The van der Waals surface area contributed by atoms with Gasteiger partial charge in [-0.2, -0.15) is 0 Å². The molecule has 0 radical (unpaired) electrons. The minimum Gasteiger partial charge on any atom is -0.355 e. The zero-order chi connectivity index (χ0) is 13.7. The van der Waals surface area contributed by atoms with E-state index in [1.54, 1.807) is 0 Å². The van der Waals surface area contributed by atoms with Crippen LogP contribution in [0.3, 0.4) is 0 Å². The van der Waals surface area contributed by atoms with Crippen LogP contribution in [0.15, 0.2) is 0 Å². The molecule has 1 heterocycles. The molecule has 0 spiro atoms. The van der Waals surface area contributed by atoms with E-state index >= 15 is 0 Å². The van der Waals surface area contributed by atoms with Crippen molar-refractivity contribution in [1.82, 2.24) is 10.6 Å². The zero-order valence-corrected chi connectivity index (χ0v) is 12.6. The Kier molecular flexibility index (Phi) is 5.26. The number of nitrogens with one attached hydrogen (secondary N) is 2. The molecule has 2 aliphatic rings. The van der Waals surface area contributed by atoms with Crippen molar-refractivity contribution in [3.63, 3.8) is 0 Å². The van der Waals surface area contributed by atoms with Crippen LogP contribution >= 0.6 is 0 Å². The largest absolute Gasteiger partial charge is 0.355 e. The summed E-state index contributed by atoms with van der Waals surface area (Å²) in [6.07, 6.45) is 8.21. The predicted octanol–water partition coefficient (Wildman–Crippen LogP) is 2.71. The van der Waals surface area contributed by atoms with Crippen LogP contribution in [0.4, 0.5) is 0 Å². The zero-order valence-electron chi connectivity index (χ0n) is 12.6. The van der Waals surface area contributed by atoms with Gasteiger partial charge < -0.3 is 10.6 Å². The summed E-state index contributed by atoms with van der Waals surface area (Å²) < 4.78 is 0. The van der Waals surface area contributed by atoms with Crippen LogP contribution in [0.2, 0.25) is 0 Å². The van der Waals surface area contributed by atoms with E-state index < -0.39 is 0 Å². The molecule has 1 aliphatic carbocycles. The van der Waals surface area contributed by atoms with Crippen LogP contribution in [0.1, 0.15) is 58.8 Å². The van der Waals surface area contributed by atoms with Gasteiger partial charge in [0.2, 0.25) is 5.91 Å². The molecule has 1 amide bonds. The Labute approximate surface area is 117 Å². The van der Waals surface area contributed by atoms with Crippen LogP contribution in [0.5, 0.6) is 0 Å². The van der Waals surface area contributed by atoms with Crippen LogP contribution in [-0.4, -0.2) is 25.5 Å². The third-order valence-electron chi connectivity index (χ3n) is 4.79. The average Bonchev–Trinajstić information content (AvgIpc) is 2.86. The van der Waals surface area contributed by atoms with E-state index in [0.29, 0.717) is 17.7 Å². The summed E-state index contributed by atoms with van der Waals surface area (Å²) in [6.45, 7) is 7.54. The van der Waals surface area contributed by atoms with Crippen molar-refractivity contribution in [2.24, 2.45) is 17.3 Å². The number of hydrogen-bond acceptors (Lipinski definition) is 2. The molecule has 2 fully saturated rings. The van der Waals surface area contributed by atoms with Gasteiger partial charge in [-0.25, -0.2) is 0 Å². The van der Waals surface area contributed by atoms with Crippen molar-refractivity contribution in [2.45, 2.75) is 58.8 Å². The lowest BCUT2D eigenvalue weighted by atomic mass is 9.77. The van der Waals surface area contributed by atoms with Gasteiger partial charge in [-0.1, -0.05) is 26.7 Å². The van der Waals surface area contributed by atoms with Crippen LogP contribution in [0.25, 0.3) is 0 Å². The van der Waals surface area contributed by atoms with Gasteiger partial charge in [0.1, 0.15) is 0 Å². The first kappa shape index (κ1) is 14.8. The number of rotatable bonds is 5. The summed E-state index contributed by atoms with van der Waals surface area (Å²) >= 11 is 0. The fourth-order valence-electron chi connectivity index (χ4n) is 3.88. The predicted molar refractivity (Wildman–Crippen MR) is 79.0 cm³/mol. The first-order valence-electron chi connectivity index (χ1n) is 8.11. The maximum Gasteiger partial charge on any atom is 0.226 e. The van der Waals surface area contributed by atoms with E-state index in [2.05, 4.69) is 24.5 Å². The number of carbonyl (C=O) groups is 1. The topological polar surface area (TPSA) is 41.1 Å². The molecule has 1 saturated carbocycles. The molecule has 0 aromatic rings. The fraction of sp³-hybridized carbons (Fsp3) is 0.938. The van der Waals surface area contributed by atoms with E-state index in [4.69, 9.17) is 0 Å². The summed E-state index contributed by atoms with van der Waals surface area (Å²) in [4.78, 5) is 12.6. The molecule has 110 valence electrons. The second kappa shape index (κ2) is 6.74. The fourth-order valence-corrected chi connectivity index (χ4v) is 3.88. The maximum atomic E-state index is 12.6. The Bertz CT molecular complexity index is 289. The van der Waals surface area contributed by atoms with Gasteiger partial charge in [0.15, 0.2) is 0 Å². The van der Waals surface area contributed by atoms with Crippen molar-refractivity contribution < 1.29 is 4.79 Å². The Hall–Kier alpha value is -0.570. The van der Waals surface area contributed by atoms with Gasteiger partial charge in [0.05, 0.1) is 0 Å². The lowest BCUT2D eigenvalue weighted by Crippen LogP contribution is -2.44. The molecule has 3 nitrogen and oxygen atoms in total. The van der Waals surface area contributed by atoms with Gasteiger partial charge in [0, 0.05) is 12.0 Å². The van der Waals surface area contributed by atoms with Gasteiger partial charge in [-0.15, -0.1) is 0 Å². The second-order valence-corrected chi connectivity index (χ2v) is 7.01. The minimum atomic E-state index is -0.0454. The number of carbonyl (C=O) groups excluding carboxylic acids is 1. The van der Waals surface area contributed by atoms with Gasteiger partial charge in [0.25, 0.3) is 0 Å². The summed E-state index contributed by atoms with van der Waals surface area (Å²) in [6, 6.07) is 0. The number of amides is 1. The molecular formula is C16H30N2O. The summed E-state index contributed by atoms with van der Waals surface area (Å²) in [5, 5.41) is 6.68. The highest BCUT2D eigenvalue weighted by atomic mass is 16.2. The molecule has 1 saturated heterocycles. The normalized spacial score (nSPS) is 26.6. The number of piperidine rings is 1. The molecule has 1 atom stereocenters. The molecule has 1 aliphatic heterocycles. The Balaban J connectivity index is 1.85. The van der Waals surface area contributed by atoms with E-state index in [-0.39, 0.29) is 5.41 Å². The highest BCUT2D eigenvalue weighted by Crippen LogP contribution is 2.43. The monoisotopic (exact) mass is 266 g/mol. The lowest BCUT2D eigenvalue weighted by Gasteiger charge is -2.31. The summed E-state index contributed by atoms with van der Waals surface area (Å²) in [7, 11) is 0. The number of hydrogen-bond donors (Lipinski definition) is 2. The van der Waals surface area contributed by atoms with E-state index in [1.165, 1.54) is 25.7 Å². The third kappa shape index (κ3) is 3.95. The van der Waals surface area contributed by atoms with Crippen molar-refractivity contribution in [3.8, 4) is 0 Å². The van der Waals surface area contributed by atoms with Gasteiger partial charge in [-0.3, -0.25) is 4.79 Å². The average molecular weight is 266 g/mol. The molecule has 19 heavy (non-hydrogen) atoms. The van der Waals surface area contributed by atoms with Crippen LogP contribution in [0, 0.1) is 17.3 Å². The highest BCUT2D eigenvalue weighted by Gasteiger charge is 2.41. The van der Waals surface area contributed by atoms with E-state index in [9.17, 15) is 4.79 Å². The Morgan fingerprint density at radius 3 is 2.63 bits per heavy atom. The Morgan fingerprint density at radius 2 is 2.05 bits per heavy atom. The molecule has 2 rings (SSSR count). The van der Waals surface area contributed by atoms with Crippen molar-refractivity contribution in [1.29, 1.82) is 0 Å². The molecule has 1 unspecified atom stereocenters. The summed E-state index contributed by atoms with van der Waals surface area (Å²) in [5.41, 5.74) is -0.0454. The molecule has 0 aromatic heterocycles. The molecule has 2 N–H and O–H groups in total. The lowest BCUT2D eigenvalue weighted by molar-refractivity contribution is -0.132. The van der Waals surface area contributed by atoms with Gasteiger partial charge in [-0.05, 0) is 57.0 Å². The van der Waals surface area contributed by atoms with Crippen LogP contribution in [-0.2, 0) is 4.79 Å². The first-order valence-corrected chi connectivity index (χ1v) is 8.11. The molecule has 0 aromatic carbocycles. The highest BCUT2D eigenvalue weighted by molar-refractivity contribution is 5.82. The van der Waals surface area contributed by atoms with Crippen molar-refractivity contribution in [3.05, 3.63) is 0 Å². The van der Waals surface area contributed by atoms with E-state index in [0.717, 1.165) is 38.9 Å². The summed E-state index contributed by atoms with van der Waals surface area (Å²) in [5.74, 6) is 1.58. The maximum absolute atomic E-state index is 12.6. The molecule has 0 bridgehead atoms. The molecule has 3 heteroatoms.